The Labute approximate surface area is 382 Å². The van der Waals surface area contributed by atoms with Gasteiger partial charge in [0, 0.05) is 16.7 Å². The van der Waals surface area contributed by atoms with Crippen molar-refractivity contribution >= 4 is 43.1 Å². The van der Waals surface area contributed by atoms with Crippen LogP contribution in [0.4, 0.5) is 0 Å². The fourth-order valence-corrected chi connectivity index (χ4v) is 9.67. The molecule has 12 aromatic rings. The maximum atomic E-state index is 10.3. The summed E-state index contributed by atoms with van der Waals surface area (Å²) in [5, 5.41) is 19.8. The summed E-state index contributed by atoms with van der Waals surface area (Å²) in [6.45, 7) is 0. The van der Waals surface area contributed by atoms with E-state index < -0.39 is 0 Å². The molecule has 0 N–H and O–H groups in total. The lowest BCUT2D eigenvalue weighted by atomic mass is 9.85. The third kappa shape index (κ3) is 6.75. The van der Waals surface area contributed by atoms with Crippen molar-refractivity contribution in [3.8, 4) is 84.7 Å². The fraction of sp³-hybridized carbons (Fsp3) is 0. The van der Waals surface area contributed by atoms with Crippen LogP contribution in [0.3, 0.4) is 0 Å². The molecule has 0 saturated carbocycles. The fourth-order valence-electron chi connectivity index (χ4n) is 9.67. The summed E-state index contributed by atoms with van der Waals surface area (Å²) in [5.74, 6) is 1.78. The Bertz CT molecular complexity index is 3900. The molecule has 66 heavy (non-hydrogen) atoms. The van der Waals surface area contributed by atoms with Crippen LogP contribution in [-0.4, -0.2) is 15.0 Å². The molecule has 0 atom stereocenters. The number of nitrogens with zero attached hydrogens (tertiary/aromatic N) is 4. The lowest BCUT2D eigenvalue weighted by Crippen LogP contribution is -2.01. The summed E-state index contributed by atoms with van der Waals surface area (Å²) in [5.41, 5.74) is 11.8. The zero-order chi connectivity index (χ0) is 44.0. The van der Waals surface area contributed by atoms with E-state index in [9.17, 15) is 5.26 Å². The molecule has 1 heterocycles. The van der Waals surface area contributed by atoms with E-state index in [-0.39, 0.29) is 0 Å². The molecule has 0 amide bonds. The van der Waals surface area contributed by atoms with Crippen LogP contribution in [0.25, 0.3) is 122 Å². The lowest BCUT2D eigenvalue weighted by molar-refractivity contribution is 1.08. The predicted octanol–water partition coefficient (Wildman–Crippen LogP) is 16.0. The number of nitriles is 1. The van der Waals surface area contributed by atoms with Crippen LogP contribution in [0.5, 0.6) is 0 Å². The van der Waals surface area contributed by atoms with Gasteiger partial charge in [-0.1, -0.05) is 212 Å². The highest BCUT2D eigenvalue weighted by molar-refractivity contribution is 6.14. The largest absolute Gasteiger partial charge is 0.208 e. The molecule has 0 saturated heterocycles. The SMILES string of the molecule is N#Cc1ccc(-c2cccc(-c3nc(-c4ccccc4)nc(-c4cccc5c4ccc4ccccc45)n3)c2)c(-c2ccccc2-c2ccccc2-c2cccc3c2ccc2ccccc23)c1. The van der Waals surface area contributed by atoms with E-state index >= 15 is 0 Å². The van der Waals surface area contributed by atoms with Crippen LogP contribution in [0.1, 0.15) is 5.56 Å². The molecule has 0 bridgehead atoms. The van der Waals surface area contributed by atoms with E-state index in [2.05, 4.69) is 194 Å². The maximum absolute atomic E-state index is 10.3. The molecule has 12 rings (SSSR count). The van der Waals surface area contributed by atoms with E-state index in [1.54, 1.807) is 0 Å². The number of benzene rings is 11. The van der Waals surface area contributed by atoms with Crippen molar-refractivity contribution in [2.45, 2.75) is 0 Å². The maximum Gasteiger partial charge on any atom is 0.164 e. The van der Waals surface area contributed by atoms with Crippen molar-refractivity contribution in [1.29, 1.82) is 5.26 Å². The first-order chi connectivity index (χ1) is 32.7. The van der Waals surface area contributed by atoms with Gasteiger partial charge in [-0.25, -0.2) is 15.0 Å². The highest BCUT2D eigenvalue weighted by Crippen LogP contribution is 2.44. The first kappa shape index (κ1) is 38.6. The van der Waals surface area contributed by atoms with Crippen LogP contribution < -0.4 is 0 Å². The number of hydrogen-bond donors (Lipinski definition) is 0. The molecule has 0 aliphatic rings. The minimum Gasteiger partial charge on any atom is -0.208 e. The molecule has 0 radical (unpaired) electrons. The van der Waals surface area contributed by atoms with Crippen molar-refractivity contribution in [2.24, 2.45) is 0 Å². The van der Waals surface area contributed by atoms with E-state index in [1.165, 1.54) is 37.9 Å². The molecule has 0 unspecified atom stereocenters. The lowest BCUT2D eigenvalue weighted by Gasteiger charge is -2.19. The molecule has 306 valence electrons. The normalized spacial score (nSPS) is 11.3. The molecule has 11 aromatic carbocycles. The molecule has 0 aliphatic heterocycles. The zero-order valence-electron chi connectivity index (χ0n) is 35.7. The van der Waals surface area contributed by atoms with Crippen LogP contribution in [-0.2, 0) is 0 Å². The smallest absolute Gasteiger partial charge is 0.164 e. The number of rotatable bonds is 7. The van der Waals surface area contributed by atoms with Gasteiger partial charge in [-0.15, -0.1) is 0 Å². The standard InChI is InChI=1S/C62H38N4/c63-39-40-31-34-48(59(37-40)55-26-11-10-25-53(55)51-23-8-9-24-52(51)54-29-13-27-49-46-21-6-4-15-41(46)32-35-56(49)54)44-19-12-20-45(38-44)61-64-60(43-17-2-1-3-18-43)65-62(66-61)58-30-14-28-50-47-22-7-5-16-42(47)33-36-57(50)58/h1-38H. The van der Waals surface area contributed by atoms with E-state index in [0.717, 1.165) is 66.4 Å². The van der Waals surface area contributed by atoms with Crippen LogP contribution in [0, 0.1) is 11.3 Å². The summed E-state index contributed by atoms with van der Waals surface area (Å²) in [7, 11) is 0. The van der Waals surface area contributed by atoms with Crippen LogP contribution in [0.15, 0.2) is 231 Å². The first-order valence-corrected chi connectivity index (χ1v) is 22.2. The highest BCUT2D eigenvalue weighted by Gasteiger charge is 2.20. The Hall–Kier alpha value is -9.04. The second-order valence-corrected chi connectivity index (χ2v) is 16.6. The average Bonchev–Trinajstić information content (AvgIpc) is 3.40. The predicted molar refractivity (Wildman–Crippen MR) is 273 cm³/mol. The summed E-state index contributed by atoms with van der Waals surface area (Å²) in [6.07, 6.45) is 0. The first-order valence-electron chi connectivity index (χ1n) is 22.2. The van der Waals surface area contributed by atoms with Gasteiger partial charge >= 0.3 is 0 Å². The quantitative estimate of drug-likeness (QED) is 0.150. The number of fused-ring (bicyclic) bond motifs is 6. The van der Waals surface area contributed by atoms with E-state index in [0.29, 0.717) is 23.0 Å². The molecule has 0 aliphatic carbocycles. The summed E-state index contributed by atoms with van der Waals surface area (Å²) in [4.78, 5) is 15.5. The van der Waals surface area contributed by atoms with Gasteiger partial charge in [-0.3, -0.25) is 0 Å². The van der Waals surface area contributed by atoms with Crippen LogP contribution in [0.2, 0.25) is 0 Å². The Morgan fingerprint density at radius 1 is 0.258 bits per heavy atom. The number of hydrogen-bond acceptors (Lipinski definition) is 4. The second-order valence-electron chi connectivity index (χ2n) is 16.6. The van der Waals surface area contributed by atoms with Gasteiger partial charge in [0.05, 0.1) is 11.6 Å². The number of aromatic nitrogens is 3. The molecule has 1 aromatic heterocycles. The van der Waals surface area contributed by atoms with Crippen molar-refractivity contribution in [2.75, 3.05) is 0 Å². The molecular formula is C62H38N4. The Balaban J connectivity index is 1.01. The van der Waals surface area contributed by atoms with E-state index in [4.69, 9.17) is 15.0 Å². The monoisotopic (exact) mass is 838 g/mol. The van der Waals surface area contributed by atoms with Crippen LogP contribution >= 0.6 is 0 Å². The summed E-state index contributed by atoms with van der Waals surface area (Å²) < 4.78 is 0. The molecular weight excluding hydrogens is 801 g/mol. The van der Waals surface area contributed by atoms with Gasteiger partial charge in [0.1, 0.15) is 0 Å². The third-order valence-corrected chi connectivity index (χ3v) is 12.8. The third-order valence-electron chi connectivity index (χ3n) is 12.8. The van der Waals surface area contributed by atoms with Gasteiger partial charge in [0.15, 0.2) is 17.5 Å². The van der Waals surface area contributed by atoms with Gasteiger partial charge in [-0.2, -0.15) is 5.26 Å². The van der Waals surface area contributed by atoms with Gasteiger partial charge in [-0.05, 0) is 106 Å². The van der Waals surface area contributed by atoms with Crippen molar-refractivity contribution < 1.29 is 0 Å². The second kappa shape index (κ2) is 16.3. The minimum absolute atomic E-state index is 0.575. The Kier molecular flexibility index (Phi) is 9.51. The molecule has 0 spiro atoms. The minimum atomic E-state index is 0.575. The van der Waals surface area contributed by atoms with Crippen molar-refractivity contribution in [1.82, 2.24) is 15.0 Å². The highest BCUT2D eigenvalue weighted by atomic mass is 15.0. The van der Waals surface area contributed by atoms with E-state index in [1.807, 2.05) is 42.5 Å². The molecule has 0 fully saturated rings. The Morgan fingerprint density at radius 3 is 1.36 bits per heavy atom. The topological polar surface area (TPSA) is 62.5 Å². The molecule has 4 heteroatoms. The summed E-state index contributed by atoms with van der Waals surface area (Å²) in [6, 6.07) is 83.0. The summed E-state index contributed by atoms with van der Waals surface area (Å²) >= 11 is 0. The van der Waals surface area contributed by atoms with Gasteiger partial charge in [0.25, 0.3) is 0 Å². The van der Waals surface area contributed by atoms with Gasteiger partial charge < -0.3 is 0 Å². The van der Waals surface area contributed by atoms with Crippen molar-refractivity contribution in [3.05, 3.63) is 236 Å². The van der Waals surface area contributed by atoms with Gasteiger partial charge in [0.2, 0.25) is 0 Å². The molecule has 4 nitrogen and oxygen atoms in total. The Morgan fingerprint density at radius 2 is 0.712 bits per heavy atom. The van der Waals surface area contributed by atoms with Crippen molar-refractivity contribution in [3.63, 3.8) is 0 Å². The zero-order valence-corrected chi connectivity index (χ0v) is 35.7. The average molecular weight is 839 g/mol.